The van der Waals surface area contributed by atoms with Gasteiger partial charge >= 0.3 is 0 Å². The van der Waals surface area contributed by atoms with Crippen LogP contribution in [-0.4, -0.2) is 9.97 Å². The number of H-pyrrole nitrogens is 1. The molecule has 2 N–H and O–H groups in total. The summed E-state index contributed by atoms with van der Waals surface area (Å²) in [5, 5.41) is 3.14. The van der Waals surface area contributed by atoms with E-state index in [4.69, 9.17) is 0 Å². The summed E-state index contributed by atoms with van der Waals surface area (Å²) in [5.41, 5.74) is 3.71. The fourth-order valence-corrected chi connectivity index (χ4v) is 2.11. The molecule has 0 spiro atoms. The standard InChI is InChI=1S/C13H13N3O/c1-8-3-2-4-9(5-8)12-15-11-7-14-6-10(11)13(17)16-12/h2-5,14H,6-7H2,1H3,(H,15,16,17). The Balaban J connectivity index is 2.16. The van der Waals surface area contributed by atoms with E-state index in [9.17, 15) is 4.79 Å². The van der Waals surface area contributed by atoms with Gasteiger partial charge in [-0.25, -0.2) is 4.98 Å². The molecule has 2 aromatic rings. The van der Waals surface area contributed by atoms with E-state index in [0.717, 1.165) is 22.4 Å². The number of aryl methyl sites for hydroxylation is 1. The first kappa shape index (κ1) is 10.2. The lowest BCUT2D eigenvalue weighted by Crippen LogP contribution is -2.15. The van der Waals surface area contributed by atoms with Crippen LogP contribution in [0.1, 0.15) is 16.8 Å². The van der Waals surface area contributed by atoms with Crippen LogP contribution in [0.25, 0.3) is 11.4 Å². The summed E-state index contributed by atoms with van der Waals surface area (Å²) in [4.78, 5) is 19.2. The lowest BCUT2D eigenvalue weighted by molar-refractivity contribution is 0.757. The predicted molar refractivity (Wildman–Crippen MR) is 65.6 cm³/mol. The summed E-state index contributed by atoms with van der Waals surface area (Å²) >= 11 is 0. The number of hydrogen-bond acceptors (Lipinski definition) is 3. The molecule has 1 aromatic heterocycles. The van der Waals surface area contributed by atoms with Crippen molar-refractivity contribution in [3.8, 4) is 11.4 Å². The highest BCUT2D eigenvalue weighted by Crippen LogP contribution is 2.17. The molecule has 0 radical (unpaired) electrons. The molecule has 2 heterocycles. The molecule has 86 valence electrons. The van der Waals surface area contributed by atoms with Crippen molar-refractivity contribution in [2.75, 3.05) is 0 Å². The van der Waals surface area contributed by atoms with Crippen molar-refractivity contribution in [1.29, 1.82) is 0 Å². The molecule has 0 unspecified atom stereocenters. The Kier molecular flexibility index (Phi) is 2.30. The first-order valence-electron chi connectivity index (χ1n) is 5.64. The zero-order valence-corrected chi connectivity index (χ0v) is 9.58. The van der Waals surface area contributed by atoms with E-state index < -0.39 is 0 Å². The van der Waals surface area contributed by atoms with Crippen molar-refractivity contribution in [2.45, 2.75) is 20.0 Å². The lowest BCUT2D eigenvalue weighted by Gasteiger charge is -2.04. The summed E-state index contributed by atoms with van der Waals surface area (Å²) in [6, 6.07) is 7.97. The van der Waals surface area contributed by atoms with Crippen molar-refractivity contribution in [2.24, 2.45) is 0 Å². The number of aromatic nitrogens is 2. The summed E-state index contributed by atoms with van der Waals surface area (Å²) < 4.78 is 0. The van der Waals surface area contributed by atoms with Crippen LogP contribution >= 0.6 is 0 Å². The first-order valence-corrected chi connectivity index (χ1v) is 5.64. The zero-order chi connectivity index (χ0) is 11.8. The molecule has 3 rings (SSSR count). The Morgan fingerprint density at radius 3 is 3.00 bits per heavy atom. The average Bonchev–Trinajstić information content (AvgIpc) is 2.77. The van der Waals surface area contributed by atoms with Crippen LogP contribution in [0, 0.1) is 6.92 Å². The minimum atomic E-state index is -0.0310. The molecule has 17 heavy (non-hydrogen) atoms. The molecule has 0 saturated heterocycles. The number of fused-ring (bicyclic) bond motifs is 1. The van der Waals surface area contributed by atoms with Gasteiger partial charge in [0.25, 0.3) is 5.56 Å². The van der Waals surface area contributed by atoms with E-state index in [0.29, 0.717) is 18.9 Å². The summed E-state index contributed by atoms with van der Waals surface area (Å²) in [6.45, 7) is 3.32. The van der Waals surface area contributed by atoms with E-state index in [1.165, 1.54) is 0 Å². The number of nitrogens with zero attached hydrogens (tertiary/aromatic N) is 1. The maximum Gasteiger partial charge on any atom is 0.255 e. The third-order valence-electron chi connectivity index (χ3n) is 2.99. The van der Waals surface area contributed by atoms with Crippen LogP contribution in [0.3, 0.4) is 0 Å². The van der Waals surface area contributed by atoms with Gasteiger partial charge in [-0.2, -0.15) is 0 Å². The van der Waals surface area contributed by atoms with E-state index in [-0.39, 0.29) is 5.56 Å². The Morgan fingerprint density at radius 2 is 2.18 bits per heavy atom. The maximum atomic E-state index is 11.9. The van der Waals surface area contributed by atoms with Gasteiger partial charge in [0.15, 0.2) is 0 Å². The normalized spacial score (nSPS) is 13.7. The zero-order valence-electron chi connectivity index (χ0n) is 9.58. The van der Waals surface area contributed by atoms with E-state index in [1.807, 2.05) is 31.2 Å². The SMILES string of the molecule is Cc1cccc(-c2nc3c(c(=O)[nH]2)CNC3)c1. The van der Waals surface area contributed by atoms with Gasteiger partial charge in [0.2, 0.25) is 0 Å². The number of nitrogens with one attached hydrogen (secondary N) is 2. The molecule has 0 saturated carbocycles. The second kappa shape index (κ2) is 3.82. The number of hydrogen-bond donors (Lipinski definition) is 2. The molecule has 1 aromatic carbocycles. The molecule has 1 aliphatic rings. The lowest BCUT2D eigenvalue weighted by atomic mass is 10.1. The molecule has 4 nitrogen and oxygen atoms in total. The minimum Gasteiger partial charge on any atom is -0.307 e. The smallest absolute Gasteiger partial charge is 0.255 e. The highest BCUT2D eigenvalue weighted by atomic mass is 16.1. The Labute approximate surface area is 98.7 Å². The van der Waals surface area contributed by atoms with Crippen LogP contribution < -0.4 is 10.9 Å². The van der Waals surface area contributed by atoms with E-state index in [2.05, 4.69) is 15.3 Å². The molecular formula is C13H13N3O. The molecule has 0 bridgehead atoms. The van der Waals surface area contributed by atoms with Crippen LogP contribution in [-0.2, 0) is 13.1 Å². The quantitative estimate of drug-likeness (QED) is 0.773. The van der Waals surface area contributed by atoms with Gasteiger partial charge in [0.1, 0.15) is 5.82 Å². The van der Waals surface area contributed by atoms with Crippen molar-refractivity contribution >= 4 is 0 Å². The second-order valence-electron chi connectivity index (χ2n) is 4.31. The molecule has 4 heteroatoms. The summed E-state index contributed by atoms with van der Waals surface area (Å²) in [7, 11) is 0. The molecule has 0 amide bonds. The second-order valence-corrected chi connectivity index (χ2v) is 4.31. The van der Waals surface area contributed by atoms with Crippen molar-refractivity contribution in [3.63, 3.8) is 0 Å². The van der Waals surface area contributed by atoms with Crippen LogP contribution in [0.5, 0.6) is 0 Å². The van der Waals surface area contributed by atoms with Gasteiger partial charge < -0.3 is 10.3 Å². The number of rotatable bonds is 1. The average molecular weight is 227 g/mol. The van der Waals surface area contributed by atoms with E-state index in [1.54, 1.807) is 0 Å². The molecule has 0 atom stereocenters. The predicted octanol–water partition coefficient (Wildman–Crippen LogP) is 1.35. The van der Waals surface area contributed by atoms with Gasteiger partial charge in [-0.05, 0) is 13.0 Å². The van der Waals surface area contributed by atoms with Crippen LogP contribution in [0.4, 0.5) is 0 Å². The van der Waals surface area contributed by atoms with Crippen LogP contribution in [0.15, 0.2) is 29.1 Å². The maximum absolute atomic E-state index is 11.9. The highest BCUT2D eigenvalue weighted by Gasteiger charge is 2.16. The first-order chi connectivity index (χ1) is 8.24. The largest absolute Gasteiger partial charge is 0.307 e. The summed E-state index contributed by atoms with van der Waals surface area (Å²) in [5.74, 6) is 0.654. The van der Waals surface area contributed by atoms with Crippen molar-refractivity contribution < 1.29 is 0 Å². The van der Waals surface area contributed by atoms with Gasteiger partial charge in [0, 0.05) is 18.7 Å². The Bertz CT molecular complexity index is 631. The Morgan fingerprint density at radius 1 is 1.29 bits per heavy atom. The molecule has 0 fully saturated rings. The van der Waals surface area contributed by atoms with Crippen molar-refractivity contribution in [1.82, 2.24) is 15.3 Å². The topological polar surface area (TPSA) is 57.8 Å². The highest BCUT2D eigenvalue weighted by molar-refractivity contribution is 5.56. The van der Waals surface area contributed by atoms with Gasteiger partial charge in [0.05, 0.1) is 11.3 Å². The van der Waals surface area contributed by atoms with E-state index >= 15 is 0 Å². The number of benzene rings is 1. The fraction of sp³-hybridized carbons (Fsp3) is 0.231. The van der Waals surface area contributed by atoms with Gasteiger partial charge in [-0.15, -0.1) is 0 Å². The third kappa shape index (κ3) is 1.76. The molecular weight excluding hydrogens is 214 g/mol. The minimum absolute atomic E-state index is 0.0310. The third-order valence-corrected chi connectivity index (χ3v) is 2.99. The Hall–Kier alpha value is -1.94. The van der Waals surface area contributed by atoms with Gasteiger partial charge in [-0.1, -0.05) is 23.8 Å². The van der Waals surface area contributed by atoms with Crippen molar-refractivity contribution in [3.05, 3.63) is 51.4 Å². The fourth-order valence-electron chi connectivity index (χ4n) is 2.11. The summed E-state index contributed by atoms with van der Waals surface area (Å²) in [6.07, 6.45) is 0. The molecule has 1 aliphatic heterocycles. The molecule has 0 aliphatic carbocycles. The number of aromatic amines is 1. The van der Waals surface area contributed by atoms with Crippen LogP contribution in [0.2, 0.25) is 0 Å². The van der Waals surface area contributed by atoms with Gasteiger partial charge in [-0.3, -0.25) is 4.79 Å². The monoisotopic (exact) mass is 227 g/mol.